The number of carbonyl (C=O) groups is 2. The normalized spacial score (nSPS) is 18.0. The molecule has 1 amide bonds. The van der Waals surface area contributed by atoms with Crippen molar-refractivity contribution in [1.82, 2.24) is 4.31 Å². The molecule has 0 atom stereocenters. The minimum absolute atomic E-state index is 0.143. The minimum atomic E-state index is -3.97. The number of sulfonamides is 1. The van der Waals surface area contributed by atoms with Crippen LogP contribution < -0.4 is 4.90 Å². The first kappa shape index (κ1) is 20.6. The Balaban J connectivity index is 1.55. The maximum atomic E-state index is 13.0. The molecule has 2 aromatic rings. The van der Waals surface area contributed by atoms with E-state index in [0.29, 0.717) is 23.6 Å². The molecule has 1 saturated heterocycles. The lowest BCUT2D eigenvalue weighted by Gasteiger charge is -2.39. The average Bonchev–Trinajstić information content (AvgIpc) is 2.74. The summed E-state index contributed by atoms with van der Waals surface area (Å²) in [5.74, 6) is -1.30. The SMILES string of the molecule is O=C(O)c1ccccc1S(=O)(=O)N1CCC(N2C(=O)OCc3cc(Cl)ccc32)CC1. The Bertz CT molecular complexity index is 1110. The van der Waals surface area contributed by atoms with E-state index in [1.54, 1.807) is 23.1 Å². The quantitative estimate of drug-likeness (QED) is 0.766. The topological polar surface area (TPSA) is 104 Å². The van der Waals surface area contributed by atoms with E-state index < -0.39 is 22.1 Å². The smallest absolute Gasteiger partial charge is 0.414 e. The van der Waals surface area contributed by atoms with Crippen LogP contribution in [0.2, 0.25) is 5.02 Å². The van der Waals surface area contributed by atoms with Crippen LogP contribution in [0.15, 0.2) is 47.4 Å². The number of cyclic esters (lactones) is 1. The molecule has 0 aromatic heterocycles. The molecule has 30 heavy (non-hydrogen) atoms. The third-order valence-corrected chi connectivity index (χ3v) is 7.56. The molecule has 0 spiro atoms. The fraction of sp³-hybridized carbons (Fsp3) is 0.300. The molecule has 0 radical (unpaired) electrons. The van der Waals surface area contributed by atoms with Crippen LogP contribution in [0, 0.1) is 0 Å². The Morgan fingerprint density at radius 2 is 1.83 bits per heavy atom. The van der Waals surface area contributed by atoms with Crippen LogP contribution in [0.1, 0.15) is 28.8 Å². The lowest BCUT2D eigenvalue weighted by molar-refractivity contribution is 0.0692. The van der Waals surface area contributed by atoms with Gasteiger partial charge in [-0.15, -0.1) is 0 Å². The predicted octanol–water partition coefficient (Wildman–Crippen LogP) is 3.35. The highest BCUT2D eigenvalue weighted by Crippen LogP contribution is 2.34. The van der Waals surface area contributed by atoms with Gasteiger partial charge in [0.15, 0.2) is 0 Å². The number of aromatic carboxylic acids is 1. The van der Waals surface area contributed by atoms with Crippen molar-refractivity contribution < 1.29 is 27.9 Å². The summed E-state index contributed by atoms with van der Waals surface area (Å²) in [4.78, 5) is 25.2. The van der Waals surface area contributed by atoms with Gasteiger partial charge in [0.25, 0.3) is 0 Å². The molecule has 1 N–H and O–H groups in total. The monoisotopic (exact) mass is 450 g/mol. The summed E-state index contributed by atoms with van der Waals surface area (Å²) in [5, 5.41) is 9.88. The highest BCUT2D eigenvalue weighted by atomic mass is 35.5. The van der Waals surface area contributed by atoms with Crippen LogP contribution in [-0.2, 0) is 21.4 Å². The van der Waals surface area contributed by atoms with Gasteiger partial charge in [-0.1, -0.05) is 23.7 Å². The maximum Gasteiger partial charge on any atom is 0.414 e. The van der Waals surface area contributed by atoms with Crippen LogP contribution in [0.3, 0.4) is 0 Å². The zero-order valence-electron chi connectivity index (χ0n) is 15.8. The standard InChI is InChI=1S/C20H19ClN2O6S/c21-14-5-6-17-13(11-14)12-29-20(26)23(17)15-7-9-22(10-8-15)30(27,28)18-4-2-1-3-16(18)19(24)25/h1-6,11,15H,7-10,12H2,(H,24,25). The van der Waals surface area contributed by atoms with Crippen molar-refractivity contribution in [3.05, 3.63) is 58.6 Å². The molecule has 158 valence electrons. The van der Waals surface area contributed by atoms with Crippen LogP contribution in [0.4, 0.5) is 10.5 Å². The zero-order valence-corrected chi connectivity index (χ0v) is 17.4. The Kier molecular flexibility index (Phi) is 5.44. The van der Waals surface area contributed by atoms with Gasteiger partial charge < -0.3 is 9.84 Å². The van der Waals surface area contributed by atoms with Crippen molar-refractivity contribution in [2.75, 3.05) is 18.0 Å². The summed E-state index contributed by atoms with van der Waals surface area (Å²) >= 11 is 6.03. The van der Waals surface area contributed by atoms with Crippen molar-refractivity contribution in [2.24, 2.45) is 0 Å². The van der Waals surface area contributed by atoms with Crippen LogP contribution in [0.5, 0.6) is 0 Å². The third kappa shape index (κ3) is 3.64. The van der Waals surface area contributed by atoms with Gasteiger partial charge in [0.05, 0.1) is 16.1 Å². The fourth-order valence-corrected chi connectivity index (χ4v) is 5.75. The molecule has 2 aliphatic rings. The predicted molar refractivity (Wildman–Crippen MR) is 109 cm³/mol. The van der Waals surface area contributed by atoms with E-state index in [0.717, 1.165) is 5.56 Å². The van der Waals surface area contributed by atoms with E-state index in [1.807, 2.05) is 0 Å². The number of nitrogens with zero attached hydrogens (tertiary/aromatic N) is 2. The number of carbonyl (C=O) groups excluding carboxylic acids is 1. The van der Waals surface area contributed by atoms with E-state index in [4.69, 9.17) is 16.3 Å². The fourth-order valence-electron chi connectivity index (χ4n) is 3.91. The van der Waals surface area contributed by atoms with E-state index in [9.17, 15) is 23.1 Å². The second-order valence-corrected chi connectivity index (χ2v) is 9.48. The number of amides is 1. The van der Waals surface area contributed by atoms with Crippen molar-refractivity contribution >= 4 is 39.4 Å². The van der Waals surface area contributed by atoms with Crippen molar-refractivity contribution in [3.63, 3.8) is 0 Å². The summed E-state index contributed by atoms with van der Waals surface area (Å²) in [6.07, 6.45) is 0.319. The lowest BCUT2D eigenvalue weighted by Crippen LogP contribution is -2.50. The van der Waals surface area contributed by atoms with Gasteiger partial charge >= 0.3 is 12.1 Å². The summed E-state index contributed by atoms with van der Waals surface area (Å²) in [6.45, 7) is 0.464. The second-order valence-electron chi connectivity index (χ2n) is 7.13. The number of anilines is 1. The Labute approximate surface area is 178 Å². The average molecular weight is 451 g/mol. The molecule has 2 heterocycles. The number of carboxylic acids is 1. The van der Waals surface area contributed by atoms with E-state index in [1.165, 1.54) is 28.6 Å². The number of halogens is 1. The Morgan fingerprint density at radius 3 is 2.53 bits per heavy atom. The molecule has 2 aliphatic heterocycles. The first-order chi connectivity index (χ1) is 14.3. The van der Waals surface area contributed by atoms with Crippen molar-refractivity contribution in [2.45, 2.75) is 30.4 Å². The molecule has 1 fully saturated rings. The number of benzene rings is 2. The summed E-state index contributed by atoms with van der Waals surface area (Å²) in [7, 11) is -3.97. The van der Waals surface area contributed by atoms with E-state index in [2.05, 4.69) is 0 Å². The summed E-state index contributed by atoms with van der Waals surface area (Å²) in [5.41, 5.74) is 1.26. The number of hydrogen-bond acceptors (Lipinski definition) is 5. The molecule has 2 aromatic carbocycles. The first-order valence-electron chi connectivity index (χ1n) is 9.36. The molecular weight excluding hydrogens is 432 g/mol. The zero-order chi connectivity index (χ0) is 21.5. The van der Waals surface area contributed by atoms with Crippen molar-refractivity contribution in [3.8, 4) is 0 Å². The second kappa shape index (κ2) is 7.90. The lowest BCUT2D eigenvalue weighted by atomic mass is 10.0. The third-order valence-electron chi connectivity index (χ3n) is 5.37. The number of rotatable bonds is 4. The van der Waals surface area contributed by atoms with Gasteiger partial charge in [-0.05, 0) is 43.2 Å². The highest BCUT2D eigenvalue weighted by Gasteiger charge is 2.38. The number of fused-ring (bicyclic) bond motifs is 1. The molecule has 8 nitrogen and oxygen atoms in total. The Morgan fingerprint density at radius 1 is 1.13 bits per heavy atom. The number of carboxylic acid groups (broad SMARTS) is 1. The molecule has 10 heteroatoms. The summed E-state index contributed by atoms with van der Waals surface area (Å²) in [6, 6.07) is 10.5. The van der Waals surface area contributed by atoms with Gasteiger partial charge in [-0.25, -0.2) is 18.0 Å². The van der Waals surface area contributed by atoms with Crippen LogP contribution in [0.25, 0.3) is 0 Å². The Hall–Kier alpha value is -2.62. The van der Waals surface area contributed by atoms with E-state index >= 15 is 0 Å². The van der Waals surface area contributed by atoms with Gasteiger partial charge in [-0.3, -0.25) is 4.90 Å². The van der Waals surface area contributed by atoms with Gasteiger partial charge in [-0.2, -0.15) is 4.31 Å². The largest absolute Gasteiger partial charge is 0.478 e. The van der Waals surface area contributed by atoms with Crippen LogP contribution >= 0.6 is 11.6 Å². The van der Waals surface area contributed by atoms with Crippen LogP contribution in [-0.4, -0.2) is 49.0 Å². The van der Waals surface area contributed by atoms with Gasteiger partial charge in [0.1, 0.15) is 6.61 Å². The number of piperidine rings is 1. The maximum absolute atomic E-state index is 13.0. The van der Waals surface area contributed by atoms with Crippen molar-refractivity contribution in [1.29, 1.82) is 0 Å². The molecule has 0 bridgehead atoms. The minimum Gasteiger partial charge on any atom is -0.478 e. The molecule has 0 unspecified atom stereocenters. The molecule has 0 aliphatic carbocycles. The summed E-state index contributed by atoms with van der Waals surface area (Å²) < 4.78 is 32.6. The van der Waals surface area contributed by atoms with E-state index in [-0.39, 0.29) is 36.2 Å². The number of hydrogen-bond donors (Lipinski definition) is 1. The highest BCUT2D eigenvalue weighted by molar-refractivity contribution is 7.89. The molecular formula is C20H19ClN2O6S. The number of ether oxygens (including phenoxy) is 1. The van der Waals surface area contributed by atoms with Gasteiger partial charge in [0, 0.05) is 29.7 Å². The van der Waals surface area contributed by atoms with Gasteiger partial charge in [0.2, 0.25) is 10.0 Å². The first-order valence-corrected chi connectivity index (χ1v) is 11.2. The molecule has 0 saturated carbocycles. The molecule has 4 rings (SSSR count).